The summed E-state index contributed by atoms with van der Waals surface area (Å²) in [6, 6.07) is 4.82. The Morgan fingerprint density at radius 2 is 2.32 bits per heavy atom. The molecule has 0 atom stereocenters. The van der Waals surface area contributed by atoms with Crippen molar-refractivity contribution < 1.29 is 4.79 Å². The zero-order chi connectivity index (χ0) is 13.7. The molecule has 0 unspecified atom stereocenters. The Morgan fingerprint density at radius 1 is 1.47 bits per heavy atom. The molecular weight excluding hydrogens is 266 g/mol. The molecule has 1 aromatic heterocycles. The Balaban J connectivity index is 1.81. The summed E-state index contributed by atoms with van der Waals surface area (Å²) in [4.78, 5) is 15.9. The predicted octanol–water partition coefficient (Wildman–Crippen LogP) is 1.40. The number of hydrogen-bond acceptors (Lipinski definition) is 4. The highest BCUT2D eigenvalue weighted by Gasteiger charge is 2.09. The van der Waals surface area contributed by atoms with E-state index in [1.807, 2.05) is 0 Å². The number of amides is 1. The van der Waals surface area contributed by atoms with Crippen molar-refractivity contribution in [2.45, 2.75) is 12.8 Å². The van der Waals surface area contributed by atoms with Crippen molar-refractivity contribution in [1.29, 1.82) is 0 Å². The van der Waals surface area contributed by atoms with Crippen molar-refractivity contribution in [1.82, 2.24) is 20.5 Å². The minimum atomic E-state index is -0.206. The summed E-state index contributed by atoms with van der Waals surface area (Å²) in [6.45, 7) is 0.542. The fourth-order valence-electron chi connectivity index (χ4n) is 1.62. The first-order chi connectivity index (χ1) is 9.16. The van der Waals surface area contributed by atoms with E-state index in [0.717, 1.165) is 18.7 Å². The third-order valence-electron chi connectivity index (χ3n) is 2.58. The molecule has 0 spiro atoms. The van der Waals surface area contributed by atoms with Crippen molar-refractivity contribution in [2.75, 3.05) is 12.3 Å². The zero-order valence-corrected chi connectivity index (χ0v) is 10.9. The van der Waals surface area contributed by atoms with E-state index >= 15 is 0 Å². The Hall–Kier alpha value is -2.08. The first kappa shape index (κ1) is 13.4. The lowest BCUT2D eigenvalue weighted by atomic mass is 10.2. The van der Waals surface area contributed by atoms with E-state index in [0.29, 0.717) is 22.8 Å². The lowest BCUT2D eigenvalue weighted by Crippen LogP contribution is -2.25. The van der Waals surface area contributed by atoms with Gasteiger partial charge in [-0.15, -0.1) is 0 Å². The smallest absolute Gasteiger partial charge is 0.252 e. The van der Waals surface area contributed by atoms with Crippen molar-refractivity contribution in [3.8, 4) is 0 Å². The third-order valence-corrected chi connectivity index (χ3v) is 2.89. The molecule has 0 radical (unpaired) electrons. The minimum Gasteiger partial charge on any atom is -0.399 e. The molecule has 7 heteroatoms. The van der Waals surface area contributed by atoms with Crippen LogP contribution in [0.3, 0.4) is 0 Å². The fraction of sp³-hybridized carbons (Fsp3) is 0.250. The third kappa shape index (κ3) is 3.69. The van der Waals surface area contributed by atoms with Gasteiger partial charge < -0.3 is 11.1 Å². The molecule has 1 heterocycles. The van der Waals surface area contributed by atoms with E-state index in [1.54, 1.807) is 18.2 Å². The van der Waals surface area contributed by atoms with Crippen LogP contribution in [0, 0.1) is 0 Å². The van der Waals surface area contributed by atoms with Gasteiger partial charge in [0.1, 0.15) is 12.2 Å². The number of aryl methyl sites for hydroxylation is 1. The van der Waals surface area contributed by atoms with Gasteiger partial charge in [-0.2, -0.15) is 5.10 Å². The summed E-state index contributed by atoms with van der Waals surface area (Å²) in [6.07, 6.45) is 2.96. The number of carbonyl (C=O) groups is 1. The first-order valence-corrected chi connectivity index (χ1v) is 6.22. The number of halogens is 1. The summed E-state index contributed by atoms with van der Waals surface area (Å²) in [7, 11) is 0. The lowest BCUT2D eigenvalue weighted by Gasteiger charge is -2.06. The molecule has 0 saturated heterocycles. The molecule has 2 aromatic rings. The number of rotatable bonds is 5. The summed E-state index contributed by atoms with van der Waals surface area (Å²) < 4.78 is 0. The molecule has 0 fully saturated rings. The van der Waals surface area contributed by atoms with Gasteiger partial charge >= 0.3 is 0 Å². The van der Waals surface area contributed by atoms with Crippen LogP contribution in [0.1, 0.15) is 22.6 Å². The predicted molar refractivity (Wildman–Crippen MR) is 72.9 cm³/mol. The van der Waals surface area contributed by atoms with Gasteiger partial charge in [-0.1, -0.05) is 11.6 Å². The standard InChI is InChI=1S/C12H14ClN5O/c13-10-6-8(14)3-4-9(10)12(19)15-5-1-2-11-16-7-17-18-11/h3-4,6-7H,1-2,5,14H2,(H,15,19)(H,16,17,18). The number of nitrogens with two attached hydrogens (primary N) is 1. The highest BCUT2D eigenvalue weighted by molar-refractivity contribution is 6.34. The number of nitrogens with zero attached hydrogens (tertiary/aromatic N) is 2. The van der Waals surface area contributed by atoms with E-state index in [9.17, 15) is 4.79 Å². The molecule has 6 nitrogen and oxygen atoms in total. The van der Waals surface area contributed by atoms with E-state index in [-0.39, 0.29) is 5.91 Å². The first-order valence-electron chi connectivity index (χ1n) is 5.84. The second kappa shape index (κ2) is 6.19. The van der Waals surface area contributed by atoms with Gasteiger partial charge in [0.25, 0.3) is 5.91 Å². The van der Waals surface area contributed by atoms with Gasteiger partial charge in [-0.3, -0.25) is 9.89 Å². The molecule has 0 saturated carbocycles. The van der Waals surface area contributed by atoms with E-state index in [2.05, 4.69) is 20.5 Å². The van der Waals surface area contributed by atoms with Gasteiger partial charge in [-0.05, 0) is 24.6 Å². The molecule has 0 aliphatic rings. The van der Waals surface area contributed by atoms with Gasteiger partial charge in [-0.25, -0.2) is 4.98 Å². The Bertz CT molecular complexity index is 555. The van der Waals surface area contributed by atoms with Crippen LogP contribution in [-0.4, -0.2) is 27.6 Å². The average Bonchev–Trinajstić information content (AvgIpc) is 2.87. The number of anilines is 1. The van der Waals surface area contributed by atoms with E-state index < -0.39 is 0 Å². The Morgan fingerprint density at radius 3 is 3.00 bits per heavy atom. The minimum absolute atomic E-state index is 0.206. The normalized spacial score (nSPS) is 10.4. The molecule has 19 heavy (non-hydrogen) atoms. The highest BCUT2D eigenvalue weighted by atomic mass is 35.5. The van der Waals surface area contributed by atoms with Crippen LogP contribution in [0.4, 0.5) is 5.69 Å². The van der Waals surface area contributed by atoms with Crippen molar-refractivity contribution in [3.05, 3.63) is 40.9 Å². The van der Waals surface area contributed by atoms with Crippen LogP contribution >= 0.6 is 11.6 Å². The summed E-state index contributed by atoms with van der Waals surface area (Å²) >= 11 is 5.95. The number of nitrogens with one attached hydrogen (secondary N) is 2. The average molecular weight is 280 g/mol. The maximum absolute atomic E-state index is 11.9. The second-order valence-electron chi connectivity index (χ2n) is 4.03. The van der Waals surface area contributed by atoms with Gasteiger partial charge in [0.05, 0.1) is 10.6 Å². The number of carbonyl (C=O) groups excluding carboxylic acids is 1. The van der Waals surface area contributed by atoms with Crippen LogP contribution in [0.25, 0.3) is 0 Å². The largest absolute Gasteiger partial charge is 0.399 e. The summed E-state index contributed by atoms with van der Waals surface area (Å²) in [5, 5.41) is 9.66. The number of nitrogen functional groups attached to an aromatic ring is 1. The molecule has 2 rings (SSSR count). The molecule has 0 aliphatic heterocycles. The monoisotopic (exact) mass is 279 g/mol. The van der Waals surface area contributed by atoms with Crippen LogP contribution in [0.5, 0.6) is 0 Å². The maximum Gasteiger partial charge on any atom is 0.252 e. The van der Waals surface area contributed by atoms with Crippen LogP contribution in [-0.2, 0) is 6.42 Å². The summed E-state index contributed by atoms with van der Waals surface area (Å²) in [5.74, 6) is 0.599. The maximum atomic E-state index is 11.9. The van der Waals surface area contributed by atoms with Crippen molar-refractivity contribution in [3.63, 3.8) is 0 Å². The molecule has 4 N–H and O–H groups in total. The van der Waals surface area contributed by atoms with Gasteiger partial charge in [0.2, 0.25) is 0 Å². The Kier molecular flexibility index (Phi) is 4.35. The van der Waals surface area contributed by atoms with Crippen LogP contribution in [0.15, 0.2) is 24.5 Å². The molecule has 0 bridgehead atoms. The van der Waals surface area contributed by atoms with Gasteiger partial charge in [0, 0.05) is 18.7 Å². The number of H-pyrrole nitrogens is 1. The second-order valence-corrected chi connectivity index (χ2v) is 4.44. The number of aromatic amines is 1. The SMILES string of the molecule is Nc1ccc(C(=O)NCCCc2ncn[nH]2)c(Cl)c1. The molecule has 1 aromatic carbocycles. The topological polar surface area (TPSA) is 96.7 Å². The van der Waals surface area contributed by atoms with Crippen LogP contribution in [0.2, 0.25) is 5.02 Å². The number of benzene rings is 1. The highest BCUT2D eigenvalue weighted by Crippen LogP contribution is 2.18. The van der Waals surface area contributed by atoms with E-state index in [4.69, 9.17) is 17.3 Å². The van der Waals surface area contributed by atoms with Gasteiger partial charge in [0.15, 0.2) is 0 Å². The number of hydrogen-bond donors (Lipinski definition) is 3. The molecule has 0 aliphatic carbocycles. The zero-order valence-electron chi connectivity index (χ0n) is 10.2. The molecule has 100 valence electrons. The molecule has 1 amide bonds. The molecular formula is C12H14ClN5O. The Labute approximate surface area is 115 Å². The summed E-state index contributed by atoms with van der Waals surface area (Å²) in [5.41, 5.74) is 6.53. The quantitative estimate of drug-likeness (QED) is 0.569. The van der Waals surface area contributed by atoms with Crippen LogP contribution < -0.4 is 11.1 Å². The van der Waals surface area contributed by atoms with Crippen molar-refractivity contribution >= 4 is 23.2 Å². The number of aromatic nitrogens is 3. The fourth-order valence-corrected chi connectivity index (χ4v) is 1.89. The van der Waals surface area contributed by atoms with E-state index in [1.165, 1.54) is 6.33 Å². The lowest BCUT2D eigenvalue weighted by molar-refractivity contribution is 0.0953. The van der Waals surface area contributed by atoms with Crippen molar-refractivity contribution in [2.24, 2.45) is 0 Å².